The molecule has 1 atom stereocenters. The second kappa shape index (κ2) is 10.5. The predicted molar refractivity (Wildman–Crippen MR) is 140 cm³/mol. The van der Waals surface area contributed by atoms with E-state index in [1.54, 1.807) is 19.1 Å². The molecule has 1 heterocycles. The van der Waals surface area contributed by atoms with Crippen LogP contribution in [0.25, 0.3) is 22.4 Å². The molecule has 4 nitrogen and oxygen atoms in total. The summed E-state index contributed by atoms with van der Waals surface area (Å²) in [5, 5.41) is 12.9. The SMILES string of the molecule is Cc1ccc(NC(=O)[C@H](C)Sc2nc(-c3ccc(F)cc3)cc(-c3ccc(C)cc3)c2C#N)cc1. The van der Waals surface area contributed by atoms with Gasteiger partial charge < -0.3 is 5.32 Å². The molecule has 1 aromatic heterocycles. The predicted octanol–water partition coefficient (Wildman–Crippen LogP) is 7.16. The second-order valence-corrected chi connectivity index (χ2v) is 9.66. The van der Waals surface area contributed by atoms with E-state index < -0.39 is 5.25 Å². The van der Waals surface area contributed by atoms with Gasteiger partial charge in [0.2, 0.25) is 5.91 Å². The summed E-state index contributed by atoms with van der Waals surface area (Å²) in [5.74, 6) is -0.522. The Balaban J connectivity index is 1.73. The monoisotopic (exact) mass is 481 g/mol. The van der Waals surface area contributed by atoms with E-state index in [9.17, 15) is 14.4 Å². The van der Waals surface area contributed by atoms with Crippen LogP contribution in [0, 0.1) is 31.0 Å². The third-order valence-corrected chi connectivity index (χ3v) is 6.66. The molecule has 0 aliphatic heterocycles. The highest BCUT2D eigenvalue weighted by atomic mass is 32.2. The summed E-state index contributed by atoms with van der Waals surface area (Å²) in [5.41, 5.74) is 6.25. The van der Waals surface area contributed by atoms with Crippen molar-refractivity contribution in [1.29, 1.82) is 5.26 Å². The van der Waals surface area contributed by atoms with Crippen LogP contribution in [0.5, 0.6) is 0 Å². The number of aromatic nitrogens is 1. The van der Waals surface area contributed by atoms with Crippen molar-refractivity contribution in [3.05, 3.63) is 101 Å². The first-order valence-electron chi connectivity index (χ1n) is 11.2. The minimum Gasteiger partial charge on any atom is -0.325 e. The third kappa shape index (κ3) is 5.76. The molecule has 4 aromatic rings. The highest BCUT2D eigenvalue weighted by Crippen LogP contribution is 2.36. The molecule has 6 heteroatoms. The van der Waals surface area contributed by atoms with Gasteiger partial charge in [-0.25, -0.2) is 9.37 Å². The van der Waals surface area contributed by atoms with Crippen LogP contribution in [-0.2, 0) is 4.79 Å². The van der Waals surface area contributed by atoms with E-state index in [0.717, 1.165) is 27.8 Å². The van der Waals surface area contributed by atoms with Gasteiger partial charge in [0.15, 0.2) is 0 Å². The molecule has 35 heavy (non-hydrogen) atoms. The van der Waals surface area contributed by atoms with Crippen LogP contribution >= 0.6 is 11.8 Å². The Morgan fingerprint density at radius 1 is 0.943 bits per heavy atom. The maximum Gasteiger partial charge on any atom is 0.237 e. The number of pyridine rings is 1. The van der Waals surface area contributed by atoms with Gasteiger partial charge in [0.25, 0.3) is 0 Å². The van der Waals surface area contributed by atoms with Crippen LogP contribution in [0.15, 0.2) is 83.9 Å². The fraction of sp³-hybridized carbons (Fsp3) is 0.138. The number of nitriles is 1. The van der Waals surface area contributed by atoms with Gasteiger partial charge in [-0.2, -0.15) is 5.26 Å². The molecule has 0 unspecified atom stereocenters. The number of hydrogen-bond acceptors (Lipinski definition) is 4. The van der Waals surface area contributed by atoms with Gasteiger partial charge in [0.05, 0.1) is 16.5 Å². The second-order valence-electron chi connectivity index (χ2n) is 8.34. The molecule has 1 amide bonds. The highest BCUT2D eigenvalue weighted by Gasteiger charge is 2.21. The minimum absolute atomic E-state index is 0.186. The first-order valence-corrected chi connectivity index (χ1v) is 12.0. The van der Waals surface area contributed by atoms with Gasteiger partial charge in [0.1, 0.15) is 16.9 Å². The number of halogens is 1. The molecule has 4 rings (SSSR count). The summed E-state index contributed by atoms with van der Waals surface area (Å²) >= 11 is 1.23. The Labute approximate surface area is 208 Å². The fourth-order valence-corrected chi connectivity index (χ4v) is 4.47. The average molecular weight is 482 g/mol. The van der Waals surface area contributed by atoms with Crippen molar-refractivity contribution in [2.45, 2.75) is 31.0 Å². The number of hydrogen-bond donors (Lipinski definition) is 1. The van der Waals surface area contributed by atoms with E-state index >= 15 is 0 Å². The molecule has 1 N–H and O–H groups in total. The Morgan fingerprint density at radius 2 is 1.51 bits per heavy atom. The summed E-state index contributed by atoms with van der Waals surface area (Å²) < 4.78 is 13.5. The van der Waals surface area contributed by atoms with Crippen molar-refractivity contribution in [1.82, 2.24) is 4.98 Å². The molecule has 0 spiro atoms. The number of aryl methyl sites for hydroxylation is 2. The summed E-state index contributed by atoms with van der Waals surface area (Å²) in [6.45, 7) is 5.77. The number of nitrogens with zero attached hydrogens (tertiary/aromatic N) is 2. The summed E-state index contributed by atoms with van der Waals surface area (Å²) in [4.78, 5) is 17.6. The summed E-state index contributed by atoms with van der Waals surface area (Å²) in [6, 6.07) is 25.7. The molecule has 0 saturated heterocycles. The van der Waals surface area contributed by atoms with Crippen molar-refractivity contribution >= 4 is 23.4 Å². The molecule has 0 bridgehead atoms. The minimum atomic E-state index is -0.509. The van der Waals surface area contributed by atoms with Gasteiger partial charge in [0, 0.05) is 16.8 Å². The maximum absolute atomic E-state index is 13.5. The zero-order valence-electron chi connectivity index (χ0n) is 19.7. The van der Waals surface area contributed by atoms with E-state index in [1.807, 2.05) is 68.4 Å². The third-order valence-electron chi connectivity index (χ3n) is 5.58. The number of amides is 1. The smallest absolute Gasteiger partial charge is 0.237 e. The van der Waals surface area contributed by atoms with Crippen molar-refractivity contribution < 1.29 is 9.18 Å². The number of carbonyl (C=O) groups excluding carboxylic acids is 1. The van der Waals surface area contributed by atoms with E-state index in [1.165, 1.54) is 23.9 Å². The molecule has 0 fully saturated rings. The zero-order valence-corrected chi connectivity index (χ0v) is 20.5. The lowest BCUT2D eigenvalue weighted by Gasteiger charge is -2.16. The number of carbonyl (C=O) groups is 1. The first-order chi connectivity index (χ1) is 16.8. The topological polar surface area (TPSA) is 65.8 Å². The van der Waals surface area contributed by atoms with Gasteiger partial charge in [-0.3, -0.25) is 4.79 Å². The molecular formula is C29H24FN3OS. The maximum atomic E-state index is 13.5. The van der Waals surface area contributed by atoms with Gasteiger partial charge in [-0.15, -0.1) is 0 Å². The highest BCUT2D eigenvalue weighted by molar-refractivity contribution is 8.00. The molecular weight excluding hydrogens is 457 g/mol. The van der Waals surface area contributed by atoms with Crippen LogP contribution in [0.1, 0.15) is 23.6 Å². The van der Waals surface area contributed by atoms with Crippen molar-refractivity contribution in [3.63, 3.8) is 0 Å². The normalized spacial score (nSPS) is 11.5. The van der Waals surface area contributed by atoms with Crippen LogP contribution in [0.4, 0.5) is 10.1 Å². The Kier molecular flexibility index (Phi) is 7.28. The number of nitrogens with one attached hydrogen (secondary N) is 1. The Morgan fingerprint density at radius 3 is 2.11 bits per heavy atom. The van der Waals surface area contributed by atoms with Crippen molar-refractivity contribution in [2.24, 2.45) is 0 Å². The lowest BCUT2D eigenvalue weighted by atomic mass is 9.98. The van der Waals surface area contributed by atoms with Crippen LogP contribution in [0.3, 0.4) is 0 Å². The molecule has 0 saturated carbocycles. The van der Waals surface area contributed by atoms with Gasteiger partial charge >= 0.3 is 0 Å². The summed E-state index contributed by atoms with van der Waals surface area (Å²) in [7, 11) is 0. The van der Waals surface area contributed by atoms with Crippen LogP contribution < -0.4 is 5.32 Å². The molecule has 0 aliphatic rings. The zero-order chi connectivity index (χ0) is 24.9. The fourth-order valence-electron chi connectivity index (χ4n) is 3.55. The average Bonchev–Trinajstić information content (AvgIpc) is 2.86. The molecule has 0 aliphatic carbocycles. The number of thioether (sulfide) groups is 1. The van der Waals surface area contributed by atoms with Gasteiger partial charge in [-0.1, -0.05) is 59.3 Å². The van der Waals surface area contributed by atoms with Crippen molar-refractivity contribution in [3.8, 4) is 28.5 Å². The quantitative estimate of drug-likeness (QED) is 0.297. The number of rotatable bonds is 6. The van der Waals surface area contributed by atoms with E-state index in [4.69, 9.17) is 4.98 Å². The van der Waals surface area contributed by atoms with E-state index in [0.29, 0.717) is 22.0 Å². The van der Waals surface area contributed by atoms with Crippen LogP contribution in [-0.4, -0.2) is 16.1 Å². The largest absolute Gasteiger partial charge is 0.325 e. The number of anilines is 1. The Bertz CT molecular complexity index is 1390. The molecule has 3 aromatic carbocycles. The standard InChI is InChI=1S/C29H24FN3OS/c1-18-4-8-21(9-5-18)25-16-27(22-10-12-23(30)13-11-22)33-29(26(25)17-31)35-20(3)28(34)32-24-14-6-19(2)7-15-24/h4-16,20H,1-3H3,(H,32,34)/t20-/m0/s1. The Hall–Kier alpha value is -3.95. The number of benzene rings is 3. The molecule has 0 radical (unpaired) electrons. The van der Waals surface area contributed by atoms with Crippen molar-refractivity contribution in [2.75, 3.05) is 5.32 Å². The molecule has 174 valence electrons. The van der Waals surface area contributed by atoms with E-state index in [-0.39, 0.29) is 11.7 Å². The first kappa shape index (κ1) is 24.2. The van der Waals surface area contributed by atoms with E-state index in [2.05, 4.69) is 11.4 Å². The lowest BCUT2D eigenvalue weighted by molar-refractivity contribution is -0.115. The van der Waals surface area contributed by atoms with Gasteiger partial charge in [-0.05, 0) is 68.8 Å². The van der Waals surface area contributed by atoms with Crippen LogP contribution in [0.2, 0.25) is 0 Å². The lowest BCUT2D eigenvalue weighted by Crippen LogP contribution is -2.22. The summed E-state index contributed by atoms with van der Waals surface area (Å²) in [6.07, 6.45) is 0.